The van der Waals surface area contributed by atoms with Crippen LogP contribution in [-0.4, -0.2) is 51.7 Å². The van der Waals surface area contributed by atoms with E-state index in [1.807, 2.05) is 0 Å². The zero-order valence-electron chi connectivity index (χ0n) is 12.3. The van der Waals surface area contributed by atoms with Crippen molar-refractivity contribution in [2.24, 2.45) is 11.8 Å². The number of rotatable bonds is 3. The summed E-state index contributed by atoms with van der Waals surface area (Å²) in [6.07, 6.45) is 0.875. The van der Waals surface area contributed by atoms with Crippen LogP contribution in [0.5, 0.6) is 0 Å². The largest absolute Gasteiger partial charge is 0.316 e. The fourth-order valence-corrected chi connectivity index (χ4v) is 3.37. The predicted molar refractivity (Wildman–Crippen MR) is 78.1 cm³/mol. The van der Waals surface area contributed by atoms with Gasteiger partial charge in [0, 0.05) is 13.0 Å². The van der Waals surface area contributed by atoms with E-state index in [4.69, 9.17) is 0 Å². The molecule has 0 saturated carbocycles. The molecule has 122 valence electrons. The maximum Gasteiger partial charge on any atom is 0.258 e. The number of carbonyl (C=O) groups is 1. The van der Waals surface area contributed by atoms with E-state index >= 15 is 0 Å². The lowest BCUT2D eigenvalue weighted by atomic mass is 9.88. The van der Waals surface area contributed by atoms with Gasteiger partial charge >= 0.3 is 0 Å². The van der Waals surface area contributed by atoms with Crippen molar-refractivity contribution in [2.45, 2.75) is 19.4 Å². The summed E-state index contributed by atoms with van der Waals surface area (Å²) >= 11 is 0. The van der Waals surface area contributed by atoms with Gasteiger partial charge < -0.3 is 5.32 Å². The zero-order valence-corrected chi connectivity index (χ0v) is 12.3. The van der Waals surface area contributed by atoms with Crippen molar-refractivity contribution in [3.05, 3.63) is 12.4 Å². The Hall–Kier alpha value is -2.16. The second-order valence-corrected chi connectivity index (χ2v) is 6.04. The molecule has 2 aromatic heterocycles. The van der Waals surface area contributed by atoms with Crippen molar-refractivity contribution in [1.82, 2.24) is 25.1 Å². The normalized spacial score (nSPS) is 24.7. The number of nitrogens with zero attached hydrogens (tertiary/aromatic N) is 5. The van der Waals surface area contributed by atoms with Gasteiger partial charge in [-0.1, -0.05) is 0 Å². The van der Waals surface area contributed by atoms with Gasteiger partial charge in [0.15, 0.2) is 11.5 Å². The van der Waals surface area contributed by atoms with Crippen LogP contribution < -0.4 is 10.2 Å². The molecule has 2 fully saturated rings. The first kappa shape index (κ1) is 14.4. The number of carbonyl (C=O) groups excluding carboxylic acids is 1. The quantitative estimate of drug-likeness (QED) is 0.898. The third-order valence-electron chi connectivity index (χ3n) is 4.55. The van der Waals surface area contributed by atoms with Gasteiger partial charge in [0.1, 0.15) is 12.1 Å². The Morgan fingerprint density at radius 1 is 1.30 bits per heavy atom. The van der Waals surface area contributed by atoms with Crippen LogP contribution in [-0.2, 0) is 11.3 Å². The molecule has 9 heteroatoms. The van der Waals surface area contributed by atoms with Crippen molar-refractivity contribution in [1.29, 1.82) is 0 Å². The van der Waals surface area contributed by atoms with E-state index in [0.717, 1.165) is 17.8 Å². The van der Waals surface area contributed by atoms with Crippen molar-refractivity contribution in [2.75, 3.05) is 24.5 Å². The average molecular weight is 322 g/mol. The maximum absolute atomic E-state index is 12.6. The minimum atomic E-state index is -2.52. The molecule has 23 heavy (non-hydrogen) atoms. The summed E-state index contributed by atoms with van der Waals surface area (Å²) in [5, 5.41) is 7.19. The van der Waals surface area contributed by atoms with Gasteiger partial charge in [-0.25, -0.2) is 23.4 Å². The van der Waals surface area contributed by atoms with E-state index in [0.29, 0.717) is 36.1 Å². The number of halogens is 2. The lowest BCUT2D eigenvalue weighted by Gasteiger charge is -2.33. The van der Waals surface area contributed by atoms with Gasteiger partial charge in [-0.3, -0.25) is 9.69 Å². The van der Waals surface area contributed by atoms with E-state index in [9.17, 15) is 13.6 Å². The van der Waals surface area contributed by atoms with Gasteiger partial charge in [0.2, 0.25) is 5.91 Å². The number of hydrogen-bond acceptors (Lipinski definition) is 5. The molecule has 0 radical (unpaired) electrons. The molecule has 2 unspecified atom stereocenters. The number of hydrogen-bond donors (Lipinski definition) is 1. The van der Waals surface area contributed by atoms with Gasteiger partial charge in [-0.15, -0.1) is 0 Å². The Labute approximate surface area is 130 Å². The second kappa shape index (κ2) is 5.48. The van der Waals surface area contributed by atoms with E-state index < -0.39 is 13.0 Å². The molecule has 2 atom stereocenters. The van der Waals surface area contributed by atoms with E-state index in [1.54, 1.807) is 4.90 Å². The average Bonchev–Trinajstić information content (AvgIpc) is 3.12. The molecule has 2 aromatic rings. The van der Waals surface area contributed by atoms with Crippen LogP contribution in [0.4, 0.5) is 14.6 Å². The summed E-state index contributed by atoms with van der Waals surface area (Å²) in [4.78, 5) is 22.5. The molecule has 0 aliphatic carbocycles. The van der Waals surface area contributed by atoms with Crippen LogP contribution in [0.15, 0.2) is 12.4 Å². The fourth-order valence-electron chi connectivity index (χ4n) is 3.37. The highest BCUT2D eigenvalue weighted by molar-refractivity contribution is 5.94. The van der Waals surface area contributed by atoms with Gasteiger partial charge in [-0.05, 0) is 24.9 Å². The fraction of sp³-hybridized carbons (Fsp3) is 0.571. The highest BCUT2D eigenvalue weighted by Gasteiger charge is 2.38. The van der Waals surface area contributed by atoms with Crippen LogP contribution >= 0.6 is 0 Å². The number of amides is 1. The predicted octanol–water partition coefficient (Wildman–Crippen LogP) is 0.664. The van der Waals surface area contributed by atoms with Gasteiger partial charge in [-0.2, -0.15) is 5.10 Å². The monoisotopic (exact) mass is 322 g/mol. The molecule has 0 bridgehead atoms. The molecular weight excluding hydrogens is 306 g/mol. The molecule has 0 aromatic carbocycles. The Morgan fingerprint density at radius 2 is 2.13 bits per heavy atom. The molecule has 7 nitrogen and oxygen atoms in total. The number of anilines is 1. The summed E-state index contributed by atoms with van der Waals surface area (Å²) < 4.78 is 26.3. The minimum absolute atomic E-state index is 0.00326. The van der Waals surface area contributed by atoms with Crippen molar-refractivity contribution in [3.63, 3.8) is 0 Å². The lowest BCUT2D eigenvalue weighted by molar-refractivity contribution is -0.121. The second-order valence-electron chi connectivity index (χ2n) is 6.04. The van der Waals surface area contributed by atoms with Crippen LogP contribution in [0.25, 0.3) is 11.2 Å². The highest BCUT2D eigenvalue weighted by Crippen LogP contribution is 2.30. The first-order valence-electron chi connectivity index (χ1n) is 7.59. The molecule has 4 heterocycles. The summed E-state index contributed by atoms with van der Waals surface area (Å²) in [6, 6.07) is 0. The Balaban J connectivity index is 1.66. The Morgan fingerprint density at radius 3 is 2.96 bits per heavy atom. The number of piperidine rings is 1. The van der Waals surface area contributed by atoms with Crippen molar-refractivity contribution < 1.29 is 13.6 Å². The van der Waals surface area contributed by atoms with E-state index in [2.05, 4.69) is 20.4 Å². The van der Waals surface area contributed by atoms with Crippen LogP contribution in [0.2, 0.25) is 0 Å². The maximum atomic E-state index is 12.6. The van der Waals surface area contributed by atoms with Gasteiger partial charge in [0.25, 0.3) is 6.43 Å². The molecule has 1 amide bonds. The summed E-state index contributed by atoms with van der Waals surface area (Å²) in [7, 11) is 0. The summed E-state index contributed by atoms with van der Waals surface area (Å²) in [5.41, 5.74) is 0.724. The summed E-state index contributed by atoms with van der Waals surface area (Å²) in [5.74, 6) is 1.18. The number of alkyl halides is 2. The first-order valence-corrected chi connectivity index (χ1v) is 7.59. The van der Waals surface area contributed by atoms with Crippen LogP contribution in [0, 0.1) is 11.8 Å². The zero-order chi connectivity index (χ0) is 16.0. The molecule has 4 rings (SSSR count). The summed E-state index contributed by atoms with van der Waals surface area (Å²) in [6.45, 7) is 1.80. The lowest BCUT2D eigenvalue weighted by Crippen LogP contribution is -2.44. The molecule has 2 aliphatic heterocycles. The number of aromatic nitrogens is 4. The molecule has 0 spiro atoms. The molecule has 1 N–H and O–H groups in total. The number of fused-ring (bicyclic) bond motifs is 2. The highest BCUT2D eigenvalue weighted by atomic mass is 19.3. The smallest absolute Gasteiger partial charge is 0.258 e. The molecule has 2 aliphatic rings. The van der Waals surface area contributed by atoms with E-state index in [1.165, 1.54) is 12.4 Å². The topological polar surface area (TPSA) is 75.9 Å². The third-order valence-corrected chi connectivity index (χ3v) is 4.55. The van der Waals surface area contributed by atoms with E-state index in [-0.39, 0.29) is 11.6 Å². The standard InChI is InChI=1S/C14H16F2N6O/c15-11(16)7-22-14-10(4-19-22)18-5-12(20-14)21-6-9-3-17-2-8(9)1-13(21)23/h4-5,8-9,11,17H,1-3,6-7H2. The van der Waals surface area contributed by atoms with Crippen LogP contribution in [0.3, 0.4) is 0 Å². The third kappa shape index (κ3) is 2.54. The molecule has 2 saturated heterocycles. The minimum Gasteiger partial charge on any atom is -0.316 e. The van der Waals surface area contributed by atoms with Crippen molar-refractivity contribution >= 4 is 22.9 Å². The van der Waals surface area contributed by atoms with Crippen LogP contribution in [0.1, 0.15) is 6.42 Å². The van der Waals surface area contributed by atoms with Crippen molar-refractivity contribution in [3.8, 4) is 0 Å². The Kier molecular flexibility index (Phi) is 3.44. The first-order chi connectivity index (χ1) is 11.1. The molecular formula is C14H16F2N6O. The number of nitrogens with one attached hydrogen (secondary N) is 1. The Bertz CT molecular complexity index is 748. The SMILES string of the molecule is O=C1CC2CNCC2CN1c1cnc2cnn(CC(F)F)c2n1. The van der Waals surface area contributed by atoms with Gasteiger partial charge in [0.05, 0.1) is 12.4 Å².